The number of nitrogens with zero attached hydrogens (tertiary/aromatic N) is 3. The molecule has 3 N–H and O–H groups in total. The number of ether oxygens (including phenoxy) is 3. The number of rotatable bonds is 14. The van der Waals surface area contributed by atoms with Crippen molar-refractivity contribution in [3.63, 3.8) is 0 Å². The Hall–Kier alpha value is -1.68. The van der Waals surface area contributed by atoms with Crippen LogP contribution in [0.15, 0.2) is 21.9 Å². The standard InChI is InChI=1S/C21H36N5O7P/c1-14(2)26(15(3)4)34(31-10-6-8-22)32-13-16-18(23)19(30-12-11-29-5)20(33-16)25-9-7-17(27)24-21(25)28/h7,9,14-16,18-20H,6,10-13,23H2,1-5H3,(H,24,27,28)/t16-,18-,19-,20-,34?/m1/s1. The summed E-state index contributed by atoms with van der Waals surface area (Å²) in [5, 5.41) is 8.88. The van der Waals surface area contributed by atoms with Crippen LogP contribution in [0.2, 0.25) is 0 Å². The number of hydrogen-bond acceptors (Lipinski definition) is 10. The zero-order valence-electron chi connectivity index (χ0n) is 20.4. The average molecular weight is 502 g/mol. The minimum atomic E-state index is -1.49. The monoisotopic (exact) mass is 501 g/mol. The van der Waals surface area contributed by atoms with Gasteiger partial charge in [0.1, 0.15) is 12.2 Å². The van der Waals surface area contributed by atoms with Gasteiger partial charge in [-0.05, 0) is 27.7 Å². The molecule has 1 fully saturated rings. The van der Waals surface area contributed by atoms with Crippen molar-refractivity contribution in [1.29, 1.82) is 5.26 Å². The van der Waals surface area contributed by atoms with E-state index in [1.54, 1.807) is 7.11 Å². The lowest BCUT2D eigenvalue weighted by Crippen LogP contribution is -2.45. The molecule has 0 aromatic carbocycles. The Morgan fingerprint density at radius 2 is 1.94 bits per heavy atom. The number of methoxy groups -OCH3 is 1. The van der Waals surface area contributed by atoms with Crippen LogP contribution in [0.5, 0.6) is 0 Å². The Kier molecular flexibility index (Phi) is 11.8. The molecule has 1 unspecified atom stereocenters. The van der Waals surface area contributed by atoms with Crippen molar-refractivity contribution in [2.45, 2.75) is 70.7 Å². The van der Waals surface area contributed by atoms with Gasteiger partial charge in [0.05, 0.1) is 45.0 Å². The number of nitrogens with one attached hydrogen (secondary N) is 1. The number of aromatic nitrogens is 2. The summed E-state index contributed by atoms with van der Waals surface area (Å²) in [5.41, 5.74) is 5.33. The Morgan fingerprint density at radius 1 is 1.24 bits per heavy atom. The lowest BCUT2D eigenvalue weighted by molar-refractivity contribution is -0.0780. The maximum absolute atomic E-state index is 12.4. The zero-order chi connectivity index (χ0) is 25.3. The molecular weight excluding hydrogens is 465 g/mol. The normalized spacial score (nSPS) is 23.6. The van der Waals surface area contributed by atoms with Crippen molar-refractivity contribution in [2.75, 3.05) is 33.5 Å². The van der Waals surface area contributed by atoms with E-state index in [4.69, 9.17) is 34.3 Å². The minimum absolute atomic E-state index is 0.0914. The molecule has 0 bridgehead atoms. The Morgan fingerprint density at radius 3 is 2.53 bits per heavy atom. The quantitative estimate of drug-likeness (QED) is 0.280. The summed E-state index contributed by atoms with van der Waals surface area (Å²) >= 11 is 0. The van der Waals surface area contributed by atoms with Crippen molar-refractivity contribution >= 4 is 8.53 Å². The first-order chi connectivity index (χ1) is 16.2. The number of hydrogen-bond donors (Lipinski definition) is 2. The second-order valence-corrected chi connectivity index (χ2v) is 9.78. The van der Waals surface area contributed by atoms with Crippen molar-refractivity contribution in [2.24, 2.45) is 5.73 Å². The molecule has 0 saturated carbocycles. The summed E-state index contributed by atoms with van der Waals surface area (Å²) < 4.78 is 32.5. The Bertz CT molecular complexity index is 894. The SMILES string of the molecule is COCCO[C@@H]1[C@H](N)[C@@H](COP(OCCC#N)N(C(C)C)C(C)C)O[C@H]1n1ccc(=O)[nH]c1=O. The van der Waals surface area contributed by atoms with Gasteiger partial charge in [-0.3, -0.25) is 14.3 Å². The summed E-state index contributed by atoms with van der Waals surface area (Å²) in [6, 6.07) is 2.97. The number of nitrogens with two attached hydrogens (primary N) is 1. The third-order valence-corrected chi connectivity index (χ3v) is 7.21. The molecule has 1 aromatic rings. The fourth-order valence-corrected chi connectivity index (χ4v) is 5.28. The summed E-state index contributed by atoms with van der Waals surface area (Å²) in [6.45, 7) is 9.10. The molecule has 1 saturated heterocycles. The van der Waals surface area contributed by atoms with Crippen LogP contribution in [-0.4, -0.2) is 78.1 Å². The fourth-order valence-electron chi connectivity index (χ4n) is 3.66. The number of aromatic amines is 1. The first kappa shape index (κ1) is 28.6. The largest absolute Gasteiger partial charge is 0.382 e. The summed E-state index contributed by atoms with van der Waals surface area (Å²) in [6.07, 6.45) is -0.544. The molecule has 5 atom stereocenters. The first-order valence-corrected chi connectivity index (χ1v) is 12.4. The molecule has 34 heavy (non-hydrogen) atoms. The Labute approximate surface area is 200 Å². The van der Waals surface area contributed by atoms with Crippen LogP contribution in [0.4, 0.5) is 0 Å². The second kappa shape index (κ2) is 14.0. The molecule has 0 spiro atoms. The van der Waals surface area contributed by atoms with Crippen molar-refractivity contribution < 1.29 is 23.3 Å². The van der Waals surface area contributed by atoms with E-state index in [1.165, 1.54) is 16.8 Å². The lowest BCUT2D eigenvalue weighted by atomic mass is 10.1. The second-order valence-electron chi connectivity index (χ2n) is 8.33. The molecule has 13 heteroatoms. The fraction of sp³-hybridized carbons (Fsp3) is 0.762. The van der Waals surface area contributed by atoms with Crippen LogP contribution in [0.25, 0.3) is 0 Å². The van der Waals surface area contributed by atoms with Crippen LogP contribution in [0, 0.1) is 11.3 Å². The van der Waals surface area contributed by atoms with E-state index in [-0.39, 0.29) is 38.3 Å². The molecule has 192 valence electrons. The van der Waals surface area contributed by atoms with Gasteiger partial charge >= 0.3 is 5.69 Å². The average Bonchev–Trinajstić information content (AvgIpc) is 3.07. The van der Waals surface area contributed by atoms with E-state index in [9.17, 15) is 9.59 Å². The summed E-state index contributed by atoms with van der Waals surface area (Å²) in [5.74, 6) is 0. The van der Waals surface area contributed by atoms with Gasteiger partial charge in [-0.25, -0.2) is 9.46 Å². The molecule has 1 aromatic heterocycles. The van der Waals surface area contributed by atoms with Crippen LogP contribution in [-0.2, 0) is 23.3 Å². The molecule has 12 nitrogen and oxygen atoms in total. The molecule has 1 aliphatic rings. The molecular formula is C21H36N5O7P. The topological polar surface area (TPSA) is 154 Å². The zero-order valence-corrected chi connectivity index (χ0v) is 21.3. The van der Waals surface area contributed by atoms with Gasteiger partial charge in [-0.15, -0.1) is 0 Å². The van der Waals surface area contributed by atoms with E-state index in [2.05, 4.69) is 15.7 Å². The highest BCUT2D eigenvalue weighted by molar-refractivity contribution is 7.44. The molecule has 0 aliphatic carbocycles. The van der Waals surface area contributed by atoms with Crippen molar-refractivity contribution in [3.8, 4) is 6.07 Å². The Balaban J connectivity index is 2.20. The van der Waals surface area contributed by atoms with Crippen molar-refractivity contribution in [1.82, 2.24) is 14.2 Å². The number of H-pyrrole nitrogens is 1. The van der Waals surface area contributed by atoms with Crippen LogP contribution in [0.3, 0.4) is 0 Å². The van der Waals surface area contributed by atoms with Gasteiger partial charge in [0, 0.05) is 31.5 Å². The highest BCUT2D eigenvalue weighted by atomic mass is 31.2. The van der Waals surface area contributed by atoms with Gasteiger partial charge in [-0.1, -0.05) is 0 Å². The van der Waals surface area contributed by atoms with E-state index in [0.717, 1.165) is 0 Å². The smallest absolute Gasteiger partial charge is 0.330 e. The lowest BCUT2D eigenvalue weighted by Gasteiger charge is -2.36. The van der Waals surface area contributed by atoms with Gasteiger partial charge in [0.15, 0.2) is 6.23 Å². The van der Waals surface area contributed by atoms with Crippen molar-refractivity contribution in [3.05, 3.63) is 33.1 Å². The third kappa shape index (κ3) is 7.66. The highest BCUT2D eigenvalue weighted by Crippen LogP contribution is 2.46. The molecule has 2 heterocycles. The minimum Gasteiger partial charge on any atom is -0.382 e. The van der Waals surface area contributed by atoms with Gasteiger partial charge in [-0.2, -0.15) is 5.26 Å². The molecule has 0 radical (unpaired) electrons. The van der Waals surface area contributed by atoms with Crippen LogP contribution < -0.4 is 17.0 Å². The molecule has 1 aliphatic heterocycles. The predicted molar refractivity (Wildman–Crippen MR) is 126 cm³/mol. The van der Waals surface area contributed by atoms with Crippen LogP contribution in [0.1, 0.15) is 40.3 Å². The first-order valence-electron chi connectivity index (χ1n) is 11.3. The van der Waals surface area contributed by atoms with Gasteiger partial charge in [0.25, 0.3) is 14.1 Å². The highest BCUT2D eigenvalue weighted by Gasteiger charge is 2.45. The maximum Gasteiger partial charge on any atom is 0.330 e. The van der Waals surface area contributed by atoms with E-state index in [1.807, 2.05) is 27.7 Å². The molecule has 2 rings (SSSR count). The van der Waals surface area contributed by atoms with E-state index < -0.39 is 44.3 Å². The van der Waals surface area contributed by atoms with E-state index in [0.29, 0.717) is 6.61 Å². The maximum atomic E-state index is 12.4. The van der Waals surface area contributed by atoms with Gasteiger partial charge < -0.3 is 29.0 Å². The third-order valence-electron chi connectivity index (χ3n) is 5.14. The molecule has 0 amide bonds. The summed E-state index contributed by atoms with van der Waals surface area (Å²) in [4.78, 5) is 26.1. The van der Waals surface area contributed by atoms with E-state index >= 15 is 0 Å². The van der Waals surface area contributed by atoms with Crippen LogP contribution >= 0.6 is 8.53 Å². The summed E-state index contributed by atoms with van der Waals surface area (Å²) in [7, 11) is 0.0674. The number of nitriles is 1. The predicted octanol–water partition coefficient (Wildman–Crippen LogP) is 1.09. The van der Waals surface area contributed by atoms with Gasteiger partial charge in [0.2, 0.25) is 0 Å².